The second kappa shape index (κ2) is 5.61. The third kappa shape index (κ3) is 2.39. The number of amides is 1. The van der Waals surface area contributed by atoms with Gasteiger partial charge in [-0.05, 0) is 49.0 Å². The monoisotopic (exact) mass is 335 g/mol. The molecule has 7 heteroatoms. The molecule has 0 atom stereocenters. The zero-order chi connectivity index (χ0) is 16.7. The number of amidine groups is 2. The molecule has 0 fully saturated rings. The molecule has 2 aromatic rings. The highest BCUT2D eigenvalue weighted by atomic mass is 32.2. The number of fused-ring (bicyclic) bond motifs is 1. The van der Waals surface area contributed by atoms with Crippen LogP contribution in [0.25, 0.3) is 11.8 Å². The van der Waals surface area contributed by atoms with Crippen LogP contribution in [0.5, 0.6) is 0 Å². The minimum atomic E-state index is -0.416. The highest BCUT2D eigenvalue weighted by Crippen LogP contribution is 2.25. The van der Waals surface area contributed by atoms with Crippen molar-refractivity contribution >= 4 is 40.3 Å². The van der Waals surface area contributed by atoms with Gasteiger partial charge in [0.1, 0.15) is 0 Å². The molecule has 0 radical (unpaired) electrons. The number of nitrogens with zero attached hydrogens (tertiary/aromatic N) is 4. The van der Waals surface area contributed by atoms with Crippen molar-refractivity contribution in [2.75, 3.05) is 0 Å². The quantitative estimate of drug-likeness (QED) is 0.857. The number of hydrogen-bond donors (Lipinski definition) is 1. The molecule has 24 heavy (non-hydrogen) atoms. The maximum absolute atomic E-state index is 12.3. The molecule has 0 saturated heterocycles. The molecule has 6 nitrogen and oxygen atoms in total. The third-order valence-corrected chi connectivity index (χ3v) is 4.46. The molecule has 0 spiro atoms. The first kappa shape index (κ1) is 14.6. The van der Waals surface area contributed by atoms with Crippen LogP contribution in [0.1, 0.15) is 11.3 Å². The first-order valence-electron chi connectivity index (χ1n) is 7.31. The number of aromatic nitrogens is 1. The molecule has 0 bridgehead atoms. The van der Waals surface area contributed by atoms with E-state index in [1.165, 1.54) is 22.3 Å². The first-order valence-corrected chi connectivity index (χ1v) is 8.19. The van der Waals surface area contributed by atoms with E-state index in [2.05, 4.69) is 10.1 Å². The predicted octanol–water partition coefficient (Wildman–Crippen LogP) is 3.03. The SMILES string of the molecule is Cc1ccc(-n2cccc2/C=C2/C(=N)N3N=CSC3=NC2=O)cc1. The Bertz CT molecular complexity index is 936. The lowest BCUT2D eigenvalue weighted by Crippen LogP contribution is -2.35. The molecule has 0 saturated carbocycles. The van der Waals surface area contributed by atoms with Gasteiger partial charge in [-0.1, -0.05) is 17.7 Å². The molecule has 0 unspecified atom stereocenters. The zero-order valence-corrected chi connectivity index (χ0v) is 13.6. The fraction of sp³-hybridized carbons (Fsp3) is 0.0588. The van der Waals surface area contributed by atoms with Gasteiger partial charge in [0, 0.05) is 17.6 Å². The summed E-state index contributed by atoms with van der Waals surface area (Å²) in [4.78, 5) is 16.3. The lowest BCUT2D eigenvalue weighted by molar-refractivity contribution is -0.114. The Morgan fingerprint density at radius 3 is 2.79 bits per heavy atom. The molecule has 3 heterocycles. The number of aliphatic imine (C=N–C) groups is 1. The number of hydrogen-bond acceptors (Lipinski definition) is 4. The molecule has 0 aliphatic carbocycles. The van der Waals surface area contributed by atoms with Crippen molar-refractivity contribution in [3.8, 4) is 5.69 Å². The molecular formula is C17H13N5OS. The molecule has 1 amide bonds. The molecule has 1 aromatic carbocycles. The van der Waals surface area contributed by atoms with Crippen LogP contribution in [0, 0.1) is 12.3 Å². The van der Waals surface area contributed by atoms with Gasteiger partial charge in [0.2, 0.25) is 0 Å². The highest BCUT2D eigenvalue weighted by Gasteiger charge is 2.32. The molecule has 4 rings (SSSR count). The summed E-state index contributed by atoms with van der Waals surface area (Å²) < 4.78 is 1.97. The van der Waals surface area contributed by atoms with E-state index in [4.69, 9.17) is 5.41 Å². The number of carbonyl (C=O) groups excluding carboxylic acids is 1. The van der Waals surface area contributed by atoms with E-state index in [1.807, 2.05) is 54.1 Å². The van der Waals surface area contributed by atoms with Gasteiger partial charge in [-0.25, -0.2) is 0 Å². The van der Waals surface area contributed by atoms with Crippen LogP contribution >= 0.6 is 11.8 Å². The van der Waals surface area contributed by atoms with Crippen molar-refractivity contribution in [2.45, 2.75) is 6.92 Å². The number of hydrazone groups is 1. The lowest BCUT2D eigenvalue weighted by Gasteiger charge is -2.20. The van der Waals surface area contributed by atoms with Crippen molar-refractivity contribution in [3.63, 3.8) is 0 Å². The van der Waals surface area contributed by atoms with Gasteiger partial charge >= 0.3 is 0 Å². The fourth-order valence-corrected chi connectivity index (χ4v) is 3.15. The number of carbonyl (C=O) groups is 1. The lowest BCUT2D eigenvalue weighted by atomic mass is 10.1. The summed E-state index contributed by atoms with van der Waals surface area (Å²) in [6, 6.07) is 11.9. The maximum Gasteiger partial charge on any atom is 0.283 e. The Labute approximate surface area is 142 Å². The standard InChI is InChI=1S/C17H13N5OS/c1-11-4-6-12(7-5-11)21-8-2-3-13(21)9-14-15(18)22-17(20-16(14)23)24-10-19-22/h2-10,18H,1H3/b14-9-,18-15?. The number of benzene rings is 1. The van der Waals surface area contributed by atoms with Crippen LogP contribution in [0.3, 0.4) is 0 Å². The summed E-state index contributed by atoms with van der Waals surface area (Å²) in [5, 5.41) is 14.1. The Kier molecular flexibility index (Phi) is 3.42. The van der Waals surface area contributed by atoms with Gasteiger partial charge in [0.05, 0.1) is 11.1 Å². The number of rotatable bonds is 2. The maximum atomic E-state index is 12.3. The summed E-state index contributed by atoms with van der Waals surface area (Å²) >= 11 is 1.24. The van der Waals surface area contributed by atoms with E-state index < -0.39 is 5.91 Å². The van der Waals surface area contributed by atoms with Crippen LogP contribution in [-0.2, 0) is 4.79 Å². The van der Waals surface area contributed by atoms with E-state index in [0.29, 0.717) is 5.17 Å². The van der Waals surface area contributed by atoms with Crippen molar-refractivity contribution < 1.29 is 4.79 Å². The van der Waals surface area contributed by atoms with Gasteiger partial charge in [-0.2, -0.15) is 15.1 Å². The van der Waals surface area contributed by atoms with E-state index in [-0.39, 0.29) is 11.4 Å². The van der Waals surface area contributed by atoms with E-state index in [1.54, 1.807) is 11.6 Å². The van der Waals surface area contributed by atoms with Crippen LogP contribution in [0.4, 0.5) is 0 Å². The minimum Gasteiger partial charge on any atom is -0.317 e. The van der Waals surface area contributed by atoms with Crippen molar-refractivity contribution in [3.05, 3.63) is 59.4 Å². The Morgan fingerprint density at radius 2 is 2.00 bits per heavy atom. The predicted molar refractivity (Wildman–Crippen MR) is 96.6 cm³/mol. The average Bonchev–Trinajstić information content (AvgIpc) is 3.21. The fourth-order valence-electron chi connectivity index (χ4n) is 2.54. The third-order valence-electron chi connectivity index (χ3n) is 3.78. The molecule has 118 valence electrons. The van der Waals surface area contributed by atoms with Gasteiger partial charge in [0.15, 0.2) is 11.0 Å². The second-order valence-electron chi connectivity index (χ2n) is 5.40. The van der Waals surface area contributed by atoms with Gasteiger partial charge in [-0.15, -0.1) is 0 Å². The summed E-state index contributed by atoms with van der Waals surface area (Å²) in [6.07, 6.45) is 3.61. The summed E-state index contributed by atoms with van der Waals surface area (Å²) in [5.41, 5.74) is 4.78. The Morgan fingerprint density at radius 1 is 1.21 bits per heavy atom. The average molecular weight is 335 g/mol. The normalized spacial score (nSPS) is 18.3. The van der Waals surface area contributed by atoms with E-state index in [9.17, 15) is 4.79 Å². The van der Waals surface area contributed by atoms with Crippen LogP contribution in [0.2, 0.25) is 0 Å². The number of nitrogens with one attached hydrogen (secondary N) is 1. The summed E-state index contributed by atoms with van der Waals surface area (Å²) in [6.45, 7) is 2.04. The topological polar surface area (TPSA) is 73.8 Å². The van der Waals surface area contributed by atoms with Crippen molar-refractivity contribution in [2.24, 2.45) is 10.1 Å². The van der Waals surface area contributed by atoms with Crippen LogP contribution in [0.15, 0.2) is 58.3 Å². The molecular weight excluding hydrogens is 322 g/mol. The van der Waals surface area contributed by atoms with E-state index >= 15 is 0 Å². The Balaban J connectivity index is 1.76. The van der Waals surface area contributed by atoms with Crippen LogP contribution < -0.4 is 0 Å². The molecule has 2 aliphatic heterocycles. The Hall–Kier alpha value is -2.93. The molecule has 1 aromatic heterocycles. The highest BCUT2D eigenvalue weighted by molar-refractivity contribution is 8.25. The van der Waals surface area contributed by atoms with Crippen molar-refractivity contribution in [1.29, 1.82) is 5.41 Å². The van der Waals surface area contributed by atoms with Gasteiger partial charge in [0.25, 0.3) is 5.91 Å². The van der Waals surface area contributed by atoms with Gasteiger partial charge in [-0.3, -0.25) is 10.2 Å². The minimum absolute atomic E-state index is 0.0444. The van der Waals surface area contributed by atoms with Crippen molar-refractivity contribution in [1.82, 2.24) is 9.58 Å². The number of aryl methyl sites for hydroxylation is 1. The first-order chi connectivity index (χ1) is 11.6. The molecule has 1 N–H and O–H groups in total. The molecule has 2 aliphatic rings. The summed E-state index contributed by atoms with van der Waals surface area (Å²) in [7, 11) is 0. The van der Waals surface area contributed by atoms with Crippen LogP contribution in [-0.4, -0.2) is 32.0 Å². The van der Waals surface area contributed by atoms with E-state index in [0.717, 1.165) is 11.4 Å². The summed E-state index contributed by atoms with van der Waals surface area (Å²) in [5.74, 6) is -0.371. The zero-order valence-electron chi connectivity index (χ0n) is 12.8. The largest absolute Gasteiger partial charge is 0.317 e. The number of thioether (sulfide) groups is 1. The van der Waals surface area contributed by atoms with Gasteiger partial charge < -0.3 is 4.57 Å². The second-order valence-corrected chi connectivity index (χ2v) is 6.21. The smallest absolute Gasteiger partial charge is 0.283 e.